The van der Waals surface area contributed by atoms with E-state index in [9.17, 15) is 4.79 Å². The summed E-state index contributed by atoms with van der Waals surface area (Å²) in [5.41, 5.74) is 0.522. The zero-order chi connectivity index (χ0) is 17.0. The van der Waals surface area contributed by atoms with E-state index in [-0.39, 0.29) is 17.1 Å². The second kappa shape index (κ2) is 6.83. The van der Waals surface area contributed by atoms with Gasteiger partial charge in [0, 0.05) is 16.8 Å². The van der Waals surface area contributed by atoms with Crippen LogP contribution in [0.1, 0.15) is 31.3 Å². The highest BCUT2D eigenvalue weighted by molar-refractivity contribution is 6.31. The number of aromatic nitrogens is 2. The summed E-state index contributed by atoms with van der Waals surface area (Å²) in [5, 5.41) is 6.37. The number of nitrogens with one attached hydrogen (secondary N) is 2. The molecular weight excluding hydrogens is 316 g/mol. The first kappa shape index (κ1) is 17.0. The van der Waals surface area contributed by atoms with E-state index in [0.717, 1.165) is 0 Å². The van der Waals surface area contributed by atoms with E-state index in [1.165, 1.54) is 13.3 Å². The minimum atomic E-state index is -0.370. The molecule has 0 saturated carbocycles. The van der Waals surface area contributed by atoms with Crippen LogP contribution in [0.5, 0.6) is 5.75 Å². The van der Waals surface area contributed by atoms with E-state index < -0.39 is 0 Å². The highest BCUT2D eigenvalue weighted by Crippen LogP contribution is 2.28. The van der Waals surface area contributed by atoms with Gasteiger partial charge in [0.1, 0.15) is 11.4 Å². The van der Waals surface area contributed by atoms with E-state index in [2.05, 4.69) is 20.6 Å². The molecule has 0 fully saturated rings. The summed E-state index contributed by atoms with van der Waals surface area (Å²) >= 11 is 5.96. The molecule has 2 N–H and O–H groups in total. The van der Waals surface area contributed by atoms with Gasteiger partial charge in [0.2, 0.25) is 5.95 Å². The largest absolute Gasteiger partial charge is 0.495 e. The molecule has 0 unspecified atom stereocenters. The van der Waals surface area contributed by atoms with E-state index >= 15 is 0 Å². The van der Waals surface area contributed by atoms with Crippen molar-refractivity contribution in [1.29, 1.82) is 0 Å². The molecule has 122 valence electrons. The number of carbonyl (C=O) groups is 1. The van der Waals surface area contributed by atoms with Gasteiger partial charge in [0.25, 0.3) is 5.91 Å². The number of methoxy groups -OCH3 is 1. The zero-order valence-corrected chi connectivity index (χ0v) is 14.2. The number of ether oxygens (including phenoxy) is 1. The van der Waals surface area contributed by atoms with Crippen LogP contribution in [0.4, 0.5) is 11.6 Å². The van der Waals surface area contributed by atoms with Crippen molar-refractivity contribution in [2.45, 2.75) is 26.3 Å². The Morgan fingerprint density at radius 2 is 2.00 bits per heavy atom. The first-order valence-corrected chi connectivity index (χ1v) is 7.42. The zero-order valence-electron chi connectivity index (χ0n) is 13.5. The molecule has 0 aliphatic carbocycles. The summed E-state index contributed by atoms with van der Waals surface area (Å²) in [6.07, 6.45) is 1.53. The van der Waals surface area contributed by atoms with Crippen LogP contribution in [-0.2, 0) is 0 Å². The Morgan fingerprint density at radius 1 is 1.26 bits per heavy atom. The normalized spacial score (nSPS) is 11.0. The lowest BCUT2D eigenvalue weighted by atomic mass is 10.1. The van der Waals surface area contributed by atoms with E-state index in [0.29, 0.717) is 22.4 Å². The van der Waals surface area contributed by atoms with Gasteiger partial charge in [-0.15, -0.1) is 0 Å². The topological polar surface area (TPSA) is 76.1 Å². The van der Waals surface area contributed by atoms with Gasteiger partial charge in [-0.1, -0.05) is 11.6 Å². The molecule has 0 atom stereocenters. The Bertz CT molecular complexity index is 713. The second-order valence-corrected chi connectivity index (χ2v) is 6.38. The van der Waals surface area contributed by atoms with Crippen LogP contribution < -0.4 is 15.4 Å². The molecule has 0 saturated heterocycles. The van der Waals surface area contributed by atoms with Gasteiger partial charge in [0.05, 0.1) is 12.8 Å². The van der Waals surface area contributed by atoms with Crippen LogP contribution >= 0.6 is 11.6 Å². The molecular formula is C16H19ClN4O2. The molecule has 0 bridgehead atoms. The van der Waals surface area contributed by atoms with Crippen molar-refractivity contribution in [2.24, 2.45) is 0 Å². The number of benzene rings is 1. The van der Waals surface area contributed by atoms with Crippen LogP contribution in [-0.4, -0.2) is 28.5 Å². The van der Waals surface area contributed by atoms with Gasteiger partial charge in [-0.2, -0.15) is 0 Å². The quantitative estimate of drug-likeness (QED) is 0.893. The van der Waals surface area contributed by atoms with Crippen molar-refractivity contribution in [3.8, 4) is 5.75 Å². The molecule has 23 heavy (non-hydrogen) atoms. The Balaban J connectivity index is 2.21. The molecule has 6 nitrogen and oxygen atoms in total. The van der Waals surface area contributed by atoms with Crippen LogP contribution in [0.2, 0.25) is 5.02 Å². The smallest absolute Gasteiger partial charge is 0.274 e. The number of carbonyl (C=O) groups excluding carboxylic acids is 1. The average Bonchev–Trinajstić information content (AvgIpc) is 2.46. The summed E-state index contributed by atoms with van der Waals surface area (Å²) < 4.78 is 5.21. The van der Waals surface area contributed by atoms with Crippen molar-refractivity contribution in [3.05, 3.63) is 41.2 Å². The van der Waals surface area contributed by atoms with Gasteiger partial charge in [-0.3, -0.25) is 4.79 Å². The van der Waals surface area contributed by atoms with E-state index in [1.54, 1.807) is 24.3 Å². The maximum absolute atomic E-state index is 12.4. The Morgan fingerprint density at radius 3 is 2.65 bits per heavy atom. The lowest BCUT2D eigenvalue weighted by molar-refractivity contribution is 0.102. The molecule has 7 heteroatoms. The van der Waals surface area contributed by atoms with Gasteiger partial charge >= 0.3 is 0 Å². The Hall–Kier alpha value is -2.34. The number of halogens is 1. The molecule has 2 rings (SSSR count). The van der Waals surface area contributed by atoms with Crippen molar-refractivity contribution < 1.29 is 9.53 Å². The van der Waals surface area contributed by atoms with Gasteiger partial charge in [0.15, 0.2) is 0 Å². The third kappa shape index (κ3) is 4.82. The SMILES string of the molecule is COc1ccc(Cl)cc1NC(=O)c1ccnc(NC(C)(C)C)n1. The van der Waals surface area contributed by atoms with Crippen molar-refractivity contribution in [3.63, 3.8) is 0 Å². The number of anilines is 2. The molecule has 1 heterocycles. The fraction of sp³-hybridized carbons (Fsp3) is 0.312. The van der Waals surface area contributed by atoms with Crippen molar-refractivity contribution in [1.82, 2.24) is 9.97 Å². The summed E-state index contributed by atoms with van der Waals surface area (Å²) in [4.78, 5) is 20.7. The number of amides is 1. The highest BCUT2D eigenvalue weighted by atomic mass is 35.5. The Kier molecular flexibility index (Phi) is 5.05. The fourth-order valence-electron chi connectivity index (χ4n) is 1.85. The predicted molar refractivity (Wildman–Crippen MR) is 91.4 cm³/mol. The number of hydrogen-bond donors (Lipinski definition) is 2. The van der Waals surface area contributed by atoms with Gasteiger partial charge in [-0.25, -0.2) is 9.97 Å². The Labute approximate surface area is 140 Å². The summed E-state index contributed by atoms with van der Waals surface area (Å²) in [6, 6.07) is 6.53. The lowest BCUT2D eigenvalue weighted by Crippen LogP contribution is -2.28. The summed E-state index contributed by atoms with van der Waals surface area (Å²) in [7, 11) is 1.52. The van der Waals surface area contributed by atoms with Crippen LogP contribution in [0.25, 0.3) is 0 Å². The molecule has 1 aromatic carbocycles. The fourth-order valence-corrected chi connectivity index (χ4v) is 2.02. The molecule has 0 spiro atoms. The predicted octanol–water partition coefficient (Wildman–Crippen LogP) is 3.60. The molecule has 0 aliphatic heterocycles. The lowest BCUT2D eigenvalue weighted by Gasteiger charge is -2.20. The van der Waals surface area contributed by atoms with E-state index in [1.807, 2.05) is 20.8 Å². The number of hydrogen-bond acceptors (Lipinski definition) is 5. The minimum absolute atomic E-state index is 0.203. The number of nitrogens with zero attached hydrogens (tertiary/aromatic N) is 2. The number of rotatable bonds is 4. The van der Waals surface area contributed by atoms with Crippen LogP contribution in [0.3, 0.4) is 0 Å². The van der Waals surface area contributed by atoms with Gasteiger partial charge < -0.3 is 15.4 Å². The third-order valence-corrected chi connectivity index (χ3v) is 3.02. The minimum Gasteiger partial charge on any atom is -0.495 e. The standard InChI is InChI=1S/C16H19ClN4O2/c1-16(2,3)21-15-18-8-7-11(20-15)14(22)19-12-9-10(17)5-6-13(12)23-4/h5-9H,1-4H3,(H,19,22)(H,18,20,21). The molecule has 0 radical (unpaired) electrons. The molecule has 1 aromatic heterocycles. The van der Waals surface area contributed by atoms with Crippen LogP contribution in [0.15, 0.2) is 30.5 Å². The third-order valence-electron chi connectivity index (χ3n) is 2.78. The molecule has 0 aliphatic rings. The van der Waals surface area contributed by atoms with Crippen molar-refractivity contribution in [2.75, 3.05) is 17.7 Å². The second-order valence-electron chi connectivity index (χ2n) is 5.94. The summed E-state index contributed by atoms with van der Waals surface area (Å²) in [5.74, 6) is 0.540. The summed E-state index contributed by atoms with van der Waals surface area (Å²) in [6.45, 7) is 5.96. The monoisotopic (exact) mass is 334 g/mol. The molecule has 2 aromatic rings. The maximum atomic E-state index is 12.4. The first-order valence-electron chi connectivity index (χ1n) is 7.04. The van der Waals surface area contributed by atoms with E-state index in [4.69, 9.17) is 16.3 Å². The first-order chi connectivity index (χ1) is 10.8. The van der Waals surface area contributed by atoms with Gasteiger partial charge in [-0.05, 0) is 45.0 Å². The van der Waals surface area contributed by atoms with Crippen LogP contribution in [0, 0.1) is 0 Å². The average molecular weight is 335 g/mol. The maximum Gasteiger partial charge on any atom is 0.274 e. The highest BCUT2D eigenvalue weighted by Gasteiger charge is 2.15. The van der Waals surface area contributed by atoms with Crippen molar-refractivity contribution >= 4 is 29.1 Å². The molecule has 1 amide bonds.